The molecule has 2 aromatic carbocycles. The second-order valence-corrected chi connectivity index (χ2v) is 17.5. The van der Waals surface area contributed by atoms with Gasteiger partial charge < -0.3 is 19.0 Å². The Bertz CT molecular complexity index is 2290. The number of halogens is 3. The molecule has 55 heavy (non-hydrogen) atoms. The summed E-state index contributed by atoms with van der Waals surface area (Å²) >= 11 is 9.86. The molecule has 0 spiro atoms. The predicted octanol–water partition coefficient (Wildman–Crippen LogP) is 7.51. The standard InChI is InChI=1S/C19H19BrN2O5.C10H14BrNO4.C9H6BrNO/c1-19(2,3)27-18(26)22-15(23)7-6-14(17(22)25)21-10-12-8-13(20)5-4-11(12)9-16(21)24;1-10(2,3)16-9(15)12-7(13)5-4-6(11)8(12)14;10-8-2-1-6-4-9(12)11-5-7(6)3-8/h4-5,8-10,14H,6-7H2,1-3H3;6H,4-5H2,1-3H3;1-5H,(H,11,12). The third-order valence-corrected chi connectivity index (χ3v) is 9.63. The molecule has 2 aromatic heterocycles. The molecule has 0 aliphatic carbocycles. The van der Waals surface area contributed by atoms with Gasteiger partial charge in [0.05, 0.1) is 4.83 Å². The summed E-state index contributed by atoms with van der Waals surface area (Å²) < 4.78 is 13.3. The minimum Gasteiger partial charge on any atom is -0.443 e. The van der Waals surface area contributed by atoms with E-state index in [4.69, 9.17) is 9.47 Å². The van der Waals surface area contributed by atoms with Crippen molar-refractivity contribution in [1.82, 2.24) is 19.4 Å². The number of carbonyl (C=O) groups excluding carboxylic acids is 6. The van der Waals surface area contributed by atoms with Gasteiger partial charge in [0.25, 0.3) is 17.4 Å². The third-order valence-electron chi connectivity index (χ3n) is 7.79. The van der Waals surface area contributed by atoms with E-state index in [2.05, 4.69) is 52.8 Å². The number of piperidine rings is 2. The van der Waals surface area contributed by atoms with Gasteiger partial charge in [0, 0.05) is 46.3 Å². The van der Waals surface area contributed by atoms with Gasteiger partial charge in [0.1, 0.15) is 17.2 Å². The smallest absolute Gasteiger partial charge is 0.424 e. The maximum Gasteiger partial charge on any atom is 0.424 e. The summed E-state index contributed by atoms with van der Waals surface area (Å²) in [7, 11) is 0. The first-order chi connectivity index (χ1) is 25.5. The van der Waals surface area contributed by atoms with Crippen LogP contribution in [0.1, 0.15) is 73.3 Å². The van der Waals surface area contributed by atoms with Gasteiger partial charge in [0.2, 0.25) is 17.4 Å². The van der Waals surface area contributed by atoms with Crippen LogP contribution in [-0.4, -0.2) is 71.2 Å². The van der Waals surface area contributed by atoms with Crippen LogP contribution in [0, 0.1) is 0 Å². The highest BCUT2D eigenvalue weighted by atomic mass is 79.9. The summed E-state index contributed by atoms with van der Waals surface area (Å²) in [6, 6.07) is 13.3. The van der Waals surface area contributed by atoms with E-state index in [1.165, 1.54) is 10.6 Å². The zero-order valence-electron chi connectivity index (χ0n) is 30.8. The van der Waals surface area contributed by atoms with Crippen LogP contribution in [-0.2, 0) is 28.7 Å². The van der Waals surface area contributed by atoms with Crippen LogP contribution in [0.3, 0.4) is 0 Å². The van der Waals surface area contributed by atoms with Crippen LogP contribution >= 0.6 is 47.8 Å². The van der Waals surface area contributed by atoms with Gasteiger partial charge in [-0.1, -0.05) is 59.9 Å². The molecule has 17 heteroatoms. The Morgan fingerprint density at radius 3 is 1.71 bits per heavy atom. The summed E-state index contributed by atoms with van der Waals surface area (Å²) in [6.07, 6.45) is 2.08. The van der Waals surface area contributed by atoms with Gasteiger partial charge in [-0.3, -0.25) is 28.8 Å². The third kappa shape index (κ3) is 11.5. The molecule has 2 unspecified atom stereocenters. The number of rotatable bonds is 1. The number of alkyl halides is 1. The fraction of sp³-hybridized carbons (Fsp3) is 0.368. The van der Waals surface area contributed by atoms with Gasteiger partial charge in [-0.2, -0.15) is 9.80 Å². The highest BCUT2D eigenvalue weighted by molar-refractivity contribution is 9.11. The number of amides is 6. The van der Waals surface area contributed by atoms with Crippen LogP contribution in [0.5, 0.6) is 0 Å². The van der Waals surface area contributed by atoms with Gasteiger partial charge in [0.15, 0.2) is 0 Å². The Balaban J connectivity index is 0.000000203. The molecule has 292 valence electrons. The van der Waals surface area contributed by atoms with E-state index in [-0.39, 0.29) is 30.4 Å². The minimum atomic E-state index is -1.02. The normalized spacial score (nSPS) is 17.6. The van der Waals surface area contributed by atoms with E-state index < -0.39 is 57.9 Å². The van der Waals surface area contributed by atoms with Gasteiger partial charge >= 0.3 is 12.2 Å². The first kappa shape index (κ1) is 43.3. The van der Waals surface area contributed by atoms with Crippen LogP contribution in [0.25, 0.3) is 21.5 Å². The molecular formula is C38H39Br3N4O10. The molecule has 0 bridgehead atoms. The van der Waals surface area contributed by atoms with Crippen molar-refractivity contribution in [1.29, 1.82) is 0 Å². The number of pyridine rings is 2. The molecule has 4 aromatic rings. The lowest BCUT2D eigenvalue weighted by Crippen LogP contribution is -2.51. The number of hydrogen-bond donors (Lipinski definition) is 1. The van der Waals surface area contributed by atoms with Crippen LogP contribution < -0.4 is 11.1 Å². The molecule has 0 radical (unpaired) electrons. The molecule has 2 aliphatic rings. The van der Waals surface area contributed by atoms with Gasteiger partial charge in [-0.25, -0.2) is 9.59 Å². The topological polar surface area (TPSA) is 182 Å². The van der Waals surface area contributed by atoms with E-state index in [0.29, 0.717) is 16.2 Å². The molecule has 6 rings (SSSR count). The second kappa shape index (κ2) is 17.5. The monoisotopic (exact) mass is 948 g/mol. The Morgan fingerprint density at radius 2 is 1.16 bits per heavy atom. The molecule has 2 saturated heterocycles. The molecule has 14 nitrogen and oxygen atoms in total. The number of nitrogens with zero attached hydrogens (tertiary/aromatic N) is 3. The molecule has 2 atom stereocenters. The Labute approximate surface area is 340 Å². The Hall–Kier alpha value is -4.48. The largest absolute Gasteiger partial charge is 0.443 e. The van der Waals surface area contributed by atoms with Crippen LogP contribution in [0.2, 0.25) is 0 Å². The lowest BCUT2D eigenvalue weighted by Gasteiger charge is -2.31. The fourth-order valence-corrected chi connectivity index (χ4v) is 6.55. The minimum absolute atomic E-state index is 0.0292. The quantitative estimate of drug-likeness (QED) is 0.148. The first-order valence-corrected chi connectivity index (χ1v) is 19.5. The molecule has 0 saturated carbocycles. The Morgan fingerprint density at radius 1 is 0.673 bits per heavy atom. The van der Waals surface area contributed by atoms with Crippen LogP contribution in [0.4, 0.5) is 9.59 Å². The van der Waals surface area contributed by atoms with Crippen molar-refractivity contribution in [3.63, 3.8) is 0 Å². The highest BCUT2D eigenvalue weighted by Gasteiger charge is 2.42. The van der Waals surface area contributed by atoms with Crippen molar-refractivity contribution in [2.45, 2.75) is 89.3 Å². The number of imide groups is 6. The SMILES string of the molecule is CC(C)(C)OC(=O)N1C(=O)CCC(Br)C1=O.CC(C)(C)OC(=O)N1C(=O)CCC(n2cc3cc(Br)ccc3cc2=O)C1=O.O=c1cc2ccc(Br)cc2c[nH]1. The zero-order chi connectivity index (χ0) is 41.0. The molecule has 2 fully saturated rings. The summed E-state index contributed by atoms with van der Waals surface area (Å²) in [5.74, 6) is -2.43. The van der Waals surface area contributed by atoms with Crippen molar-refractivity contribution >= 4 is 105 Å². The summed E-state index contributed by atoms with van der Waals surface area (Å²) in [4.78, 5) is 98.7. The maximum atomic E-state index is 12.9. The van der Waals surface area contributed by atoms with E-state index in [9.17, 15) is 38.4 Å². The van der Waals surface area contributed by atoms with Gasteiger partial charge in [-0.15, -0.1) is 0 Å². The number of aromatic nitrogens is 2. The average molecular weight is 951 g/mol. The summed E-state index contributed by atoms with van der Waals surface area (Å²) in [5, 5.41) is 3.49. The number of aromatic amines is 1. The number of likely N-dealkylation sites (tertiary alicyclic amines) is 2. The summed E-state index contributed by atoms with van der Waals surface area (Å²) in [5.41, 5.74) is -2.01. The molecule has 1 N–H and O–H groups in total. The van der Waals surface area contributed by atoms with Crippen molar-refractivity contribution in [3.05, 3.63) is 90.6 Å². The fourth-order valence-electron chi connectivity index (χ4n) is 5.36. The van der Waals surface area contributed by atoms with Crippen LogP contribution in [0.15, 0.2) is 79.5 Å². The molecule has 4 heterocycles. The first-order valence-electron chi connectivity index (χ1n) is 17.0. The predicted molar refractivity (Wildman–Crippen MR) is 215 cm³/mol. The summed E-state index contributed by atoms with van der Waals surface area (Å²) in [6.45, 7) is 9.97. The number of benzene rings is 2. The number of nitrogens with one attached hydrogen (secondary N) is 1. The molecular weight excluding hydrogens is 912 g/mol. The van der Waals surface area contributed by atoms with Crippen molar-refractivity contribution in [2.75, 3.05) is 0 Å². The van der Waals surface area contributed by atoms with Crippen molar-refractivity contribution < 1.29 is 38.2 Å². The van der Waals surface area contributed by atoms with Gasteiger partial charge in [-0.05, 0) is 100 Å². The molecule has 6 amide bonds. The Kier molecular flexibility index (Phi) is 13.8. The van der Waals surface area contributed by atoms with Crippen molar-refractivity contribution in [3.8, 4) is 0 Å². The highest BCUT2D eigenvalue weighted by Crippen LogP contribution is 2.27. The van der Waals surface area contributed by atoms with E-state index in [1.54, 1.807) is 66.1 Å². The number of carbonyl (C=O) groups is 6. The number of hydrogen-bond acceptors (Lipinski definition) is 10. The number of H-pyrrole nitrogens is 1. The zero-order valence-corrected chi connectivity index (χ0v) is 35.6. The number of fused-ring (bicyclic) bond motifs is 2. The van der Waals surface area contributed by atoms with E-state index in [0.717, 1.165) is 30.5 Å². The van der Waals surface area contributed by atoms with E-state index in [1.807, 2.05) is 30.3 Å². The van der Waals surface area contributed by atoms with Crippen molar-refractivity contribution in [2.24, 2.45) is 0 Å². The van der Waals surface area contributed by atoms with E-state index >= 15 is 0 Å². The lowest BCUT2D eigenvalue weighted by molar-refractivity contribution is -0.150. The second-order valence-electron chi connectivity index (χ2n) is 14.5. The average Bonchev–Trinajstić information content (AvgIpc) is 3.06. The number of ether oxygens (including phenoxy) is 2. The molecule has 2 aliphatic heterocycles. The maximum absolute atomic E-state index is 12.9. The lowest BCUT2D eigenvalue weighted by atomic mass is 10.0.